The van der Waals surface area contributed by atoms with Crippen LogP contribution in [0.2, 0.25) is 0 Å². The fraction of sp³-hybridized carbons (Fsp3) is 0.471. The Morgan fingerprint density at radius 1 is 1.22 bits per heavy atom. The molecule has 1 aromatic carbocycles. The molecule has 0 saturated heterocycles. The lowest BCUT2D eigenvalue weighted by Crippen LogP contribution is -2.36. The molecular formula is C17H22N4O2. The fourth-order valence-corrected chi connectivity index (χ4v) is 3.30. The van der Waals surface area contributed by atoms with Crippen LogP contribution < -0.4 is 11.1 Å². The van der Waals surface area contributed by atoms with Gasteiger partial charge >= 0.3 is 0 Å². The number of anilines is 1. The van der Waals surface area contributed by atoms with Gasteiger partial charge in [0.05, 0.1) is 0 Å². The smallest absolute Gasteiger partial charge is 0.224 e. The zero-order chi connectivity index (χ0) is 16.1. The van der Waals surface area contributed by atoms with Gasteiger partial charge in [0.15, 0.2) is 0 Å². The van der Waals surface area contributed by atoms with Crippen molar-refractivity contribution in [1.29, 1.82) is 0 Å². The van der Waals surface area contributed by atoms with Gasteiger partial charge in [-0.25, -0.2) is 0 Å². The van der Waals surface area contributed by atoms with Crippen molar-refractivity contribution in [3.8, 4) is 11.4 Å². The van der Waals surface area contributed by atoms with Crippen molar-refractivity contribution in [1.82, 2.24) is 10.1 Å². The predicted molar refractivity (Wildman–Crippen MR) is 87.6 cm³/mol. The lowest BCUT2D eigenvalue weighted by molar-refractivity contribution is -0.118. The van der Waals surface area contributed by atoms with E-state index in [1.807, 2.05) is 24.3 Å². The molecule has 1 saturated carbocycles. The summed E-state index contributed by atoms with van der Waals surface area (Å²) in [6, 6.07) is 7.42. The van der Waals surface area contributed by atoms with Crippen molar-refractivity contribution in [3.63, 3.8) is 0 Å². The first-order valence-corrected chi connectivity index (χ1v) is 8.08. The zero-order valence-corrected chi connectivity index (χ0v) is 13.1. The van der Waals surface area contributed by atoms with Crippen LogP contribution in [0.25, 0.3) is 11.4 Å². The SMILES string of the molecule is NCC1(CC(=O)Nc2ccc(-c3ncon3)cc2)CCCCC1. The summed E-state index contributed by atoms with van der Waals surface area (Å²) in [5.74, 6) is 0.567. The second-order valence-corrected chi connectivity index (χ2v) is 6.32. The zero-order valence-electron chi connectivity index (χ0n) is 13.1. The van der Waals surface area contributed by atoms with Gasteiger partial charge in [0.1, 0.15) is 0 Å². The Morgan fingerprint density at radius 3 is 2.57 bits per heavy atom. The van der Waals surface area contributed by atoms with Gasteiger partial charge in [0.25, 0.3) is 0 Å². The maximum Gasteiger partial charge on any atom is 0.224 e. The highest BCUT2D eigenvalue weighted by Gasteiger charge is 2.32. The third-order valence-electron chi connectivity index (χ3n) is 4.67. The number of hydrogen-bond donors (Lipinski definition) is 2. The molecule has 1 aliphatic carbocycles. The first-order valence-electron chi connectivity index (χ1n) is 8.08. The number of rotatable bonds is 5. The summed E-state index contributed by atoms with van der Waals surface area (Å²) in [5, 5.41) is 6.75. The van der Waals surface area contributed by atoms with E-state index in [1.165, 1.54) is 25.7 Å². The van der Waals surface area contributed by atoms with E-state index in [-0.39, 0.29) is 11.3 Å². The van der Waals surface area contributed by atoms with E-state index in [4.69, 9.17) is 10.3 Å². The summed E-state index contributed by atoms with van der Waals surface area (Å²) in [4.78, 5) is 16.3. The molecule has 0 radical (unpaired) electrons. The van der Waals surface area contributed by atoms with Crippen molar-refractivity contribution < 1.29 is 9.32 Å². The van der Waals surface area contributed by atoms with E-state index in [0.29, 0.717) is 18.8 Å². The van der Waals surface area contributed by atoms with Crippen LogP contribution in [0.4, 0.5) is 5.69 Å². The number of aromatic nitrogens is 2. The number of nitrogens with one attached hydrogen (secondary N) is 1. The monoisotopic (exact) mass is 314 g/mol. The van der Waals surface area contributed by atoms with Crippen LogP contribution in [0, 0.1) is 5.41 Å². The molecule has 0 spiro atoms. The van der Waals surface area contributed by atoms with Crippen LogP contribution in [-0.4, -0.2) is 22.6 Å². The topological polar surface area (TPSA) is 94.0 Å². The molecule has 1 amide bonds. The molecule has 0 unspecified atom stereocenters. The van der Waals surface area contributed by atoms with Gasteiger partial charge in [-0.3, -0.25) is 4.79 Å². The highest BCUT2D eigenvalue weighted by molar-refractivity contribution is 5.91. The van der Waals surface area contributed by atoms with Crippen LogP contribution in [0.15, 0.2) is 35.2 Å². The molecule has 3 rings (SSSR count). The second kappa shape index (κ2) is 6.91. The Balaban J connectivity index is 1.61. The molecule has 3 N–H and O–H groups in total. The van der Waals surface area contributed by atoms with E-state index in [0.717, 1.165) is 24.1 Å². The molecule has 1 heterocycles. The molecular weight excluding hydrogens is 292 g/mol. The third-order valence-corrected chi connectivity index (χ3v) is 4.67. The molecule has 1 aliphatic rings. The number of hydrogen-bond acceptors (Lipinski definition) is 5. The van der Waals surface area contributed by atoms with Crippen molar-refractivity contribution in [2.45, 2.75) is 38.5 Å². The fourth-order valence-electron chi connectivity index (χ4n) is 3.30. The van der Waals surface area contributed by atoms with Crippen LogP contribution in [-0.2, 0) is 4.79 Å². The Hall–Kier alpha value is -2.21. The molecule has 6 nitrogen and oxygen atoms in total. The summed E-state index contributed by atoms with van der Waals surface area (Å²) < 4.78 is 4.73. The van der Waals surface area contributed by atoms with Gasteiger partial charge in [-0.2, -0.15) is 4.98 Å². The number of amides is 1. The van der Waals surface area contributed by atoms with Crippen LogP contribution >= 0.6 is 0 Å². The highest BCUT2D eigenvalue weighted by Crippen LogP contribution is 2.38. The van der Waals surface area contributed by atoms with Crippen LogP contribution in [0.3, 0.4) is 0 Å². The molecule has 2 aromatic rings. The number of carbonyl (C=O) groups is 1. The lowest BCUT2D eigenvalue weighted by atomic mass is 9.71. The quantitative estimate of drug-likeness (QED) is 0.884. The minimum atomic E-state index is -0.0209. The molecule has 6 heteroatoms. The number of nitrogens with two attached hydrogens (primary N) is 1. The first-order chi connectivity index (χ1) is 11.2. The Bertz CT molecular complexity index is 631. The number of carbonyl (C=O) groups excluding carboxylic acids is 1. The summed E-state index contributed by atoms with van der Waals surface area (Å²) in [6.07, 6.45) is 7.48. The highest BCUT2D eigenvalue weighted by atomic mass is 16.5. The molecule has 23 heavy (non-hydrogen) atoms. The Morgan fingerprint density at radius 2 is 1.96 bits per heavy atom. The maximum atomic E-state index is 12.4. The van der Waals surface area contributed by atoms with E-state index >= 15 is 0 Å². The Kier molecular flexibility index (Phi) is 4.71. The van der Waals surface area contributed by atoms with Gasteiger partial charge < -0.3 is 15.6 Å². The average Bonchev–Trinajstić information content (AvgIpc) is 3.11. The molecule has 122 valence electrons. The molecule has 1 aromatic heterocycles. The summed E-state index contributed by atoms with van der Waals surface area (Å²) in [5.41, 5.74) is 7.55. The van der Waals surface area contributed by atoms with Gasteiger partial charge in [-0.15, -0.1) is 0 Å². The van der Waals surface area contributed by atoms with E-state index in [1.54, 1.807) is 0 Å². The van der Waals surface area contributed by atoms with E-state index in [9.17, 15) is 4.79 Å². The predicted octanol–water partition coefficient (Wildman–Crippen LogP) is 2.97. The summed E-state index contributed by atoms with van der Waals surface area (Å²) >= 11 is 0. The largest absolute Gasteiger partial charge is 0.342 e. The van der Waals surface area contributed by atoms with E-state index < -0.39 is 0 Å². The van der Waals surface area contributed by atoms with Gasteiger partial charge in [-0.1, -0.05) is 24.4 Å². The first kappa shape index (κ1) is 15.7. The minimum absolute atomic E-state index is 0.0209. The summed E-state index contributed by atoms with van der Waals surface area (Å²) in [7, 11) is 0. The second-order valence-electron chi connectivity index (χ2n) is 6.32. The maximum absolute atomic E-state index is 12.4. The number of nitrogens with zero attached hydrogens (tertiary/aromatic N) is 2. The molecule has 1 fully saturated rings. The van der Waals surface area contributed by atoms with Gasteiger partial charge in [-0.05, 0) is 49.1 Å². The van der Waals surface area contributed by atoms with Gasteiger partial charge in [0.2, 0.25) is 18.1 Å². The lowest BCUT2D eigenvalue weighted by Gasteiger charge is -2.35. The average molecular weight is 314 g/mol. The van der Waals surface area contributed by atoms with E-state index in [2.05, 4.69) is 15.5 Å². The molecule has 0 bridgehead atoms. The van der Waals surface area contributed by atoms with Crippen molar-refractivity contribution >= 4 is 11.6 Å². The van der Waals surface area contributed by atoms with Crippen molar-refractivity contribution in [2.75, 3.05) is 11.9 Å². The van der Waals surface area contributed by atoms with Crippen molar-refractivity contribution in [3.05, 3.63) is 30.7 Å². The number of benzene rings is 1. The Labute approximate surface area is 135 Å². The minimum Gasteiger partial charge on any atom is -0.342 e. The third kappa shape index (κ3) is 3.76. The summed E-state index contributed by atoms with van der Waals surface area (Å²) in [6.45, 7) is 0.581. The standard InChI is InChI=1S/C17H22N4O2/c18-11-17(8-2-1-3-9-17)10-15(22)20-14-6-4-13(5-7-14)16-19-12-23-21-16/h4-7,12H,1-3,8-11,18H2,(H,20,22). The molecule has 0 atom stereocenters. The molecule has 0 aliphatic heterocycles. The van der Waals surface area contributed by atoms with Crippen LogP contribution in [0.5, 0.6) is 0 Å². The van der Waals surface area contributed by atoms with Gasteiger partial charge in [0, 0.05) is 17.7 Å². The van der Waals surface area contributed by atoms with Crippen LogP contribution in [0.1, 0.15) is 38.5 Å². The normalized spacial score (nSPS) is 16.9. The van der Waals surface area contributed by atoms with Crippen molar-refractivity contribution in [2.24, 2.45) is 11.1 Å².